The molecule has 0 saturated heterocycles. The average Bonchev–Trinajstić information content (AvgIpc) is 3.46. The van der Waals surface area contributed by atoms with Gasteiger partial charge in [-0.1, -0.05) is 0 Å². The molecular formula is C43H50Cl2Zr. The second-order valence-electron chi connectivity index (χ2n) is 16.4. The van der Waals surface area contributed by atoms with Crippen LogP contribution in [0.1, 0.15) is 104 Å². The number of fused-ring (bicyclic) bond motifs is 4. The number of allylic oxidation sites excluding steroid dienone is 4. The van der Waals surface area contributed by atoms with Gasteiger partial charge in [0.05, 0.1) is 0 Å². The van der Waals surface area contributed by atoms with Crippen LogP contribution in [-0.4, -0.2) is 3.71 Å². The Morgan fingerprint density at radius 3 is 1.96 bits per heavy atom. The van der Waals surface area contributed by atoms with Gasteiger partial charge >= 0.3 is 276 Å². The van der Waals surface area contributed by atoms with Gasteiger partial charge in [-0.2, -0.15) is 0 Å². The molecule has 0 N–H and O–H groups in total. The third kappa shape index (κ3) is 6.77. The Balaban J connectivity index is 0.00000240. The first-order valence-electron chi connectivity index (χ1n) is 16.5. The molecule has 0 bridgehead atoms. The Bertz CT molecular complexity index is 1890. The van der Waals surface area contributed by atoms with Crippen molar-refractivity contribution in [1.29, 1.82) is 0 Å². The fourth-order valence-electron chi connectivity index (χ4n) is 7.45. The molecule has 0 heterocycles. The molecule has 4 aromatic carbocycles. The molecule has 0 saturated carbocycles. The molecule has 0 nitrogen and oxygen atoms in total. The van der Waals surface area contributed by atoms with Crippen LogP contribution in [0.4, 0.5) is 0 Å². The van der Waals surface area contributed by atoms with E-state index in [-0.39, 0.29) is 41.1 Å². The summed E-state index contributed by atoms with van der Waals surface area (Å²) in [5, 5.41) is 2.71. The summed E-state index contributed by atoms with van der Waals surface area (Å²) in [5.74, 6) is 0.468. The molecule has 0 aromatic heterocycles. The van der Waals surface area contributed by atoms with E-state index in [1.807, 2.05) is 0 Å². The Hall–Kier alpha value is -2.05. The Labute approximate surface area is 298 Å². The topological polar surface area (TPSA) is 0 Å². The van der Waals surface area contributed by atoms with Crippen LogP contribution in [0.15, 0.2) is 93.3 Å². The first kappa shape index (κ1) is 36.8. The van der Waals surface area contributed by atoms with Gasteiger partial charge in [0.25, 0.3) is 0 Å². The monoisotopic (exact) mass is 726 g/mol. The van der Waals surface area contributed by atoms with E-state index in [4.69, 9.17) is 0 Å². The predicted molar refractivity (Wildman–Crippen MR) is 190 cm³/mol. The fraction of sp³-hybridized carbons (Fsp3) is 0.372. The van der Waals surface area contributed by atoms with E-state index in [9.17, 15) is 0 Å². The summed E-state index contributed by atoms with van der Waals surface area (Å²) < 4.78 is 6.23. The molecule has 46 heavy (non-hydrogen) atoms. The van der Waals surface area contributed by atoms with Gasteiger partial charge in [-0.25, -0.2) is 0 Å². The minimum atomic E-state index is -2.66. The summed E-state index contributed by atoms with van der Waals surface area (Å²) in [6, 6.07) is 28.4. The quantitative estimate of drug-likeness (QED) is 0.246. The van der Waals surface area contributed by atoms with Gasteiger partial charge in [-0.3, -0.25) is 0 Å². The van der Waals surface area contributed by atoms with Crippen molar-refractivity contribution in [2.45, 2.75) is 93.4 Å². The van der Waals surface area contributed by atoms with Crippen molar-refractivity contribution in [3.8, 4) is 11.1 Å². The molecule has 0 amide bonds. The van der Waals surface area contributed by atoms with Gasteiger partial charge in [0.1, 0.15) is 0 Å². The summed E-state index contributed by atoms with van der Waals surface area (Å²) in [4.78, 5) is 0. The zero-order valence-electron chi connectivity index (χ0n) is 29.6. The van der Waals surface area contributed by atoms with Crippen LogP contribution in [0.5, 0.6) is 0 Å². The van der Waals surface area contributed by atoms with Gasteiger partial charge < -0.3 is 24.8 Å². The number of hydrogen-bond acceptors (Lipinski definition) is 0. The van der Waals surface area contributed by atoms with E-state index in [1.165, 1.54) is 44.2 Å². The van der Waals surface area contributed by atoms with Crippen LogP contribution in [-0.2, 0) is 38.5 Å². The fourth-order valence-corrected chi connectivity index (χ4v) is 15.2. The van der Waals surface area contributed by atoms with Gasteiger partial charge in [-0.15, -0.1) is 0 Å². The van der Waals surface area contributed by atoms with Crippen molar-refractivity contribution < 1.29 is 46.1 Å². The van der Waals surface area contributed by atoms with Crippen molar-refractivity contribution in [2.24, 2.45) is 11.3 Å². The van der Waals surface area contributed by atoms with Crippen molar-refractivity contribution >= 4 is 17.8 Å². The van der Waals surface area contributed by atoms with Crippen molar-refractivity contribution in [2.75, 3.05) is 0 Å². The largest absolute Gasteiger partial charge is 1.00 e. The van der Waals surface area contributed by atoms with Gasteiger partial charge in [0.15, 0.2) is 0 Å². The average molecular weight is 729 g/mol. The van der Waals surface area contributed by atoms with E-state index in [2.05, 4.69) is 159 Å². The van der Waals surface area contributed by atoms with E-state index < -0.39 is 21.3 Å². The second-order valence-corrected chi connectivity index (χ2v) is 21.8. The maximum Gasteiger partial charge on any atom is -1.00 e. The Kier molecular flexibility index (Phi) is 10.5. The molecule has 0 aliphatic heterocycles. The molecular weight excluding hydrogens is 679 g/mol. The summed E-state index contributed by atoms with van der Waals surface area (Å²) in [6.07, 6.45) is 3.64. The van der Waals surface area contributed by atoms with Crippen LogP contribution >= 0.6 is 0 Å². The molecule has 1 unspecified atom stereocenters. The van der Waals surface area contributed by atoms with Crippen molar-refractivity contribution in [3.05, 3.63) is 121 Å². The Morgan fingerprint density at radius 1 is 0.696 bits per heavy atom. The molecule has 240 valence electrons. The van der Waals surface area contributed by atoms with Crippen LogP contribution < -0.4 is 28.1 Å². The first-order valence-corrected chi connectivity index (χ1v) is 20.4. The van der Waals surface area contributed by atoms with E-state index in [1.54, 1.807) is 23.3 Å². The Morgan fingerprint density at radius 2 is 1.33 bits per heavy atom. The molecule has 3 heteroatoms. The van der Waals surface area contributed by atoms with Gasteiger partial charge in [-0.05, 0) is 0 Å². The molecule has 0 spiro atoms. The first-order chi connectivity index (χ1) is 20.5. The maximum absolute atomic E-state index is 2.80. The third-order valence-corrected chi connectivity index (χ3v) is 17.4. The standard InChI is InChI=1S/C21H25.C11H8.C11H17.2ClH.Zr/c1-20(2,3)16-9-7-14-11-15-8-10-17(21(4,5)6)13-19(15)18(14)12-16;1-9-5-4-7-10-6-2-3-8-11(9)10;1-8-6-9(2)10(7-8)11(3,4)5;;;/h7,9-10,12-13H,11H2,1-6H3;1-8H;7-8H,1-5H3;2*1H;/q;;;;;+2/p-2. The molecule has 1 atom stereocenters. The normalized spacial score (nSPS) is 16.2. The minimum Gasteiger partial charge on any atom is -1.00 e. The molecule has 2 aliphatic carbocycles. The second kappa shape index (κ2) is 13.1. The third-order valence-electron chi connectivity index (χ3n) is 9.94. The van der Waals surface area contributed by atoms with E-state index in [0.717, 1.165) is 6.42 Å². The summed E-state index contributed by atoms with van der Waals surface area (Å²) in [7, 11) is 0. The summed E-state index contributed by atoms with van der Waals surface area (Å²) in [6.45, 7) is 26.2. The number of hydrogen-bond donors (Lipinski definition) is 0. The summed E-state index contributed by atoms with van der Waals surface area (Å²) in [5.41, 5.74) is 13.8. The van der Waals surface area contributed by atoms with E-state index >= 15 is 0 Å². The van der Waals surface area contributed by atoms with Crippen molar-refractivity contribution in [3.63, 3.8) is 0 Å². The van der Waals surface area contributed by atoms with Crippen molar-refractivity contribution in [1.82, 2.24) is 0 Å². The SMILES string of the molecule is CC1=[C](/[Zr+2](=[CH]/c2cccc3ccccc23)[c]2cc(C(C)(C)C)cc3c2Cc2ccc(C(C)(C)C)cc2-3)C(C)C=C1C(C)(C)C.[Cl-].[Cl-]. The van der Waals surface area contributed by atoms with E-state index in [0.29, 0.717) is 5.92 Å². The molecule has 0 fully saturated rings. The molecule has 2 aliphatic rings. The molecule has 0 radical (unpaired) electrons. The number of halogens is 2. The zero-order chi connectivity index (χ0) is 31.8. The van der Waals surface area contributed by atoms with Crippen LogP contribution in [0.3, 0.4) is 0 Å². The minimum absolute atomic E-state index is 0. The smallest absolute Gasteiger partial charge is 1.00 e. The number of rotatable bonds is 3. The maximum atomic E-state index is 2.80. The van der Waals surface area contributed by atoms with Gasteiger partial charge in [0, 0.05) is 0 Å². The molecule has 4 aromatic rings. The van der Waals surface area contributed by atoms with Crippen LogP contribution in [0, 0.1) is 11.3 Å². The zero-order valence-corrected chi connectivity index (χ0v) is 33.6. The number of benzene rings is 4. The van der Waals surface area contributed by atoms with Gasteiger partial charge in [0.2, 0.25) is 0 Å². The van der Waals surface area contributed by atoms with Crippen LogP contribution in [0.2, 0.25) is 0 Å². The van der Waals surface area contributed by atoms with Crippen LogP contribution in [0.25, 0.3) is 21.9 Å². The molecule has 6 rings (SSSR count). The predicted octanol–water partition coefficient (Wildman–Crippen LogP) is 5.00. The summed E-state index contributed by atoms with van der Waals surface area (Å²) >= 11 is -2.66.